The number of nitrogens with zero attached hydrogens (tertiary/aromatic N) is 1. The minimum absolute atomic E-state index is 0.0201. The van der Waals surface area contributed by atoms with Crippen LogP contribution in [0, 0.1) is 6.92 Å². The number of carbonyl (C=O) groups is 3. The Balaban J connectivity index is 1.32. The minimum Gasteiger partial charge on any atom is -0.486 e. The third-order valence-electron chi connectivity index (χ3n) is 6.02. The van der Waals surface area contributed by atoms with Gasteiger partial charge in [0.05, 0.1) is 12.0 Å². The van der Waals surface area contributed by atoms with Gasteiger partial charge in [0.25, 0.3) is 0 Å². The molecule has 2 aromatic rings. The third-order valence-corrected chi connectivity index (χ3v) is 6.25. The van der Waals surface area contributed by atoms with Crippen molar-refractivity contribution >= 4 is 29.1 Å². The highest BCUT2D eigenvalue weighted by atomic mass is 35.5. The highest BCUT2D eigenvalue weighted by Gasteiger charge is 2.43. The fraction of sp³-hybridized carbons (Fsp3) is 0.375. The van der Waals surface area contributed by atoms with Gasteiger partial charge in [0.15, 0.2) is 11.6 Å². The molecule has 1 spiro atoms. The zero-order valence-corrected chi connectivity index (χ0v) is 17.7. The standard InChI is InChI=1S/C24H24ClNO4/c1-16-2-4-17(5-3-16)20(27)7-9-23(29)26-12-10-24(11-13-26)15-21(28)19-14-18(25)6-8-22(19)30-24/h2-6,8,14H,7,9-13,15H2,1H3. The lowest BCUT2D eigenvalue weighted by atomic mass is 9.82. The summed E-state index contributed by atoms with van der Waals surface area (Å²) in [5.74, 6) is 0.550. The first-order chi connectivity index (χ1) is 14.3. The first kappa shape index (κ1) is 20.6. The quantitative estimate of drug-likeness (QED) is 0.669. The predicted octanol–water partition coefficient (Wildman–Crippen LogP) is 4.64. The zero-order chi connectivity index (χ0) is 21.3. The summed E-state index contributed by atoms with van der Waals surface area (Å²) < 4.78 is 6.21. The van der Waals surface area contributed by atoms with Crippen LogP contribution in [0.4, 0.5) is 0 Å². The number of aryl methyl sites for hydroxylation is 1. The Morgan fingerprint density at radius 2 is 1.77 bits per heavy atom. The summed E-state index contributed by atoms with van der Waals surface area (Å²) in [6, 6.07) is 12.5. The second-order valence-corrected chi connectivity index (χ2v) is 8.63. The van der Waals surface area contributed by atoms with Crippen LogP contribution in [0.1, 0.15) is 58.4 Å². The predicted molar refractivity (Wildman–Crippen MR) is 114 cm³/mol. The van der Waals surface area contributed by atoms with E-state index in [9.17, 15) is 14.4 Å². The van der Waals surface area contributed by atoms with Crippen LogP contribution >= 0.6 is 11.6 Å². The van der Waals surface area contributed by atoms with Gasteiger partial charge in [-0.1, -0.05) is 41.4 Å². The Labute approximate surface area is 181 Å². The van der Waals surface area contributed by atoms with Crippen molar-refractivity contribution in [3.05, 3.63) is 64.2 Å². The molecule has 5 nitrogen and oxygen atoms in total. The molecule has 0 atom stereocenters. The molecule has 0 N–H and O–H groups in total. The van der Waals surface area contributed by atoms with Gasteiger partial charge in [-0.2, -0.15) is 0 Å². The van der Waals surface area contributed by atoms with Crippen molar-refractivity contribution in [2.75, 3.05) is 13.1 Å². The molecular formula is C24H24ClNO4. The molecule has 1 fully saturated rings. The van der Waals surface area contributed by atoms with Crippen LogP contribution in [-0.2, 0) is 4.79 Å². The largest absolute Gasteiger partial charge is 0.486 e. The molecule has 0 aliphatic carbocycles. The fourth-order valence-corrected chi connectivity index (χ4v) is 4.34. The van der Waals surface area contributed by atoms with Gasteiger partial charge in [-0.25, -0.2) is 0 Å². The second kappa shape index (κ2) is 8.23. The summed E-state index contributed by atoms with van der Waals surface area (Å²) in [5, 5.41) is 0.516. The highest BCUT2D eigenvalue weighted by Crippen LogP contribution is 2.40. The average molecular weight is 426 g/mol. The maximum absolute atomic E-state index is 12.6. The van der Waals surface area contributed by atoms with Crippen molar-refractivity contribution in [3.63, 3.8) is 0 Å². The SMILES string of the molecule is Cc1ccc(C(=O)CCC(=O)N2CCC3(CC2)CC(=O)c2cc(Cl)ccc2O3)cc1. The van der Waals surface area contributed by atoms with Gasteiger partial charge in [-0.3, -0.25) is 14.4 Å². The van der Waals surface area contributed by atoms with Crippen LogP contribution in [-0.4, -0.2) is 41.1 Å². The van der Waals surface area contributed by atoms with Gasteiger partial charge in [-0.05, 0) is 25.1 Å². The fourth-order valence-electron chi connectivity index (χ4n) is 4.17. The van der Waals surface area contributed by atoms with Crippen LogP contribution in [0.3, 0.4) is 0 Å². The van der Waals surface area contributed by atoms with Crippen molar-refractivity contribution in [3.8, 4) is 5.75 Å². The van der Waals surface area contributed by atoms with Crippen molar-refractivity contribution in [2.45, 2.75) is 44.6 Å². The molecule has 30 heavy (non-hydrogen) atoms. The highest BCUT2D eigenvalue weighted by molar-refractivity contribution is 6.31. The van der Waals surface area contributed by atoms with Crippen LogP contribution in [0.25, 0.3) is 0 Å². The van der Waals surface area contributed by atoms with Crippen molar-refractivity contribution in [1.29, 1.82) is 0 Å². The van der Waals surface area contributed by atoms with Crippen LogP contribution < -0.4 is 4.74 Å². The number of likely N-dealkylation sites (tertiary alicyclic amines) is 1. The molecule has 156 valence electrons. The Bertz CT molecular complexity index is 991. The number of ketones is 2. The molecule has 6 heteroatoms. The molecule has 4 rings (SSSR count). The second-order valence-electron chi connectivity index (χ2n) is 8.20. The number of Topliss-reactive ketones (excluding diaryl/α,β-unsaturated/α-hetero) is 2. The maximum atomic E-state index is 12.6. The monoisotopic (exact) mass is 425 g/mol. The summed E-state index contributed by atoms with van der Waals surface area (Å²) in [4.78, 5) is 39.3. The third kappa shape index (κ3) is 4.26. The topological polar surface area (TPSA) is 63.7 Å². The molecule has 2 aromatic carbocycles. The van der Waals surface area contributed by atoms with E-state index in [-0.39, 0.29) is 30.3 Å². The number of hydrogen-bond donors (Lipinski definition) is 0. The van der Waals surface area contributed by atoms with E-state index in [0.29, 0.717) is 54.3 Å². The number of halogens is 1. The van der Waals surface area contributed by atoms with E-state index >= 15 is 0 Å². The number of amides is 1. The maximum Gasteiger partial charge on any atom is 0.223 e. The molecule has 2 aliphatic rings. The van der Waals surface area contributed by atoms with Gasteiger partial charge in [0.2, 0.25) is 5.91 Å². The number of rotatable bonds is 4. The number of piperidine rings is 1. The van der Waals surface area contributed by atoms with Crippen LogP contribution in [0.15, 0.2) is 42.5 Å². The number of hydrogen-bond acceptors (Lipinski definition) is 4. The first-order valence-electron chi connectivity index (χ1n) is 10.2. The van der Waals surface area contributed by atoms with Crippen molar-refractivity contribution in [1.82, 2.24) is 4.90 Å². The van der Waals surface area contributed by atoms with E-state index in [1.165, 1.54) is 0 Å². The molecule has 0 saturated carbocycles. The normalized spacial score (nSPS) is 17.4. The summed E-state index contributed by atoms with van der Waals surface area (Å²) in [5.41, 5.74) is 1.70. The van der Waals surface area contributed by atoms with Gasteiger partial charge in [-0.15, -0.1) is 0 Å². The molecule has 1 saturated heterocycles. The van der Waals surface area contributed by atoms with E-state index in [0.717, 1.165) is 5.56 Å². The Morgan fingerprint density at radius 1 is 1.07 bits per heavy atom. The molecule has 0 radical (unpaired) electrons. The number of ether oxygens (including phenoxy) is 1. The lowest BCUT2D eigenvalue weighted by Crippen LogP contribution is -2.52. The van der Waals surface area contributed by atoms with E-state index in [1.54, 1.807) is 35.2 Å². The van der Waals surface area contributed by atoms with Crippen LogP contribution in [0.2, 0.25) is 5.02 Å². The molecular weight excluding hydrogens is 402 g/mol. The van der Waals surface area contributed by atoms with E-state index in [1.807, 2.05) is 19.1 Å². The number of fused-ring (bicyclic) bond motifs is 1. The smallest absolute Gasteiger partial charge is 0.223 e. The Kier molecular flexibility index (Phi) is 5.65. The summed E-state index contributed by atoms with van der Waals surface area (Å²) in [7, 11) is 0. The lowest BCUT2D eigenvalue weighted by Gasteiger charge is -2.44. The molecule has 2 heterocycles. The summed E-state index contributed by atoms with van der Waals surface area (Å²) >= 11 is 6.00. The molecule has 2 aliphatic heterocycles. The van der Waals surface area contributed by atoms with Crippen LogP contribution in [0.5, 0.6) is 5.75 Å². The van der Waals surface area contributed by atoms with E-state index in [4.69, 9.17) is 16.3 Å². The Morgan fingerprint density at radius 3 is 2.47 bits per heavy atom. The Hall–Kier alpha value is -2.66. The first-order valence-corrected chi connectivity index (χ1v) is 10.6. The van der Waals surface area contributed by atoms with E-state index < -0.39 is 5.60 Å². The van der Waals surface area contributed by atoms with Crippen molar-refractivity contribution < 1.29 is 19.1 Å². The number of benzene rings is 2. The number of carbonyl (C=O) groups excluding carboxylic acids is 3. The molecule has 0 aromatic heterocycles. The summed E-state index contributed by atoms with van der Waals surface area (Å²) in [6.07, 6.45) is 1.89. The lowest BCUT2D eigenvalue weighted by molar-refractivity contribution is -0.134. The molecule has 1 amide bonds. The van der Waals surface area contributed by atoms with Gasteiger partial charge in [0, 0.05) is 49.4 Å². The average Bonchev–Trinajstić information content (AvgIpc) is 2.73. The van der Waals surface area contributed by atoms with Gasteiger partial charge >= 0.3 is 0 Å². The molecule has 0 bridgehead atoms. The summed E-state index contributed by atoms with van der Waals surface area (Å²) in [6.45, 7) is 3.01. The van der Waals surface area contributed by atoms with E-state index in [2.05, 4.69) is 0 Å². The van der Waals surface area contributed by atoms with Crippen molar-refractivity contribution in [2.24, 2.45) is 0 Å². The van der Waals surface area contributed by atoms with Gasteiger partial charge < -0.3 is 9.64 Å². The molecule has 0 unspecified atom stereocenters. The van der Waals surface area contributed by atoms with Gasteiger partial charge in [0.1, 0.15) is 11.4 Å². The minimum atomic E-state index is -0.563. The zero-order valence-electron chi connectivity index (χ0n) is 16.9.